The van der Waals surface area contributed by atoms with Gasteiger partial charge in [-0.1, -0.05) is 57.0 Å². The van der Waals surface area contributed by atoms with Crippen LogP contribution in [0.3, 0.4) is 0 Å². The molecule has 0 bridgehead atoms. The van der Waals surface area contributed by atoms with E-state index < -0.39 is 29.7 Å². The minimum atomic E-state index is -0.910. The number of esters is 1. The number of hydrogen-bond donors (Lipinski definition) is 1. The van der Waals surface area contributed by atoms with Gasteiger partial charge >= 0.3 is 12.0 Å². The molecule has 9 nitrogen and oxygen atoms in total. The molecule has 2 aromatic rings. The van der Waals surface area contributed by atoms with Gasteiger partial charge in [0.15, 0.2) is 12.3 Å². The first-order valence-corrected chi connectivity index (χ1v) is 15.0. The highest BCUT2D eigenvalue weighted by Gasteiger charge is 2.63. The Bertz CT molecular complexity index is 1240. The highest BCUT2D eigenvalue weighted by molar-refractivity contribution is 6.03. The Labute approximate surface area is 249 Å². The standard InChI is InChI=1S/C33H45N3O6/c1-8-13-27(24-16-14-22(6)15-17-24)34-32(40)36-30(39)33(9-2,10-3)31(36)42-26-20-18-25(19-21-26)29(38)41-23(7)28(37)35(11-4)12-5/h14-21,23,27,31H,8-13H2,1-7H3,(H,34,40)/t23-,27?,31-/m0/s1. The van der Waals surface area contributed by atoms with Crippen LogP contribution in [0.2, 0.25) is 0 Å². The number of hydrogen-bond acceptors (Lipinski definition) is 6. The van der Waals surface area contributed by atoms with Crippen LogP contribution in [0, 0.1) is 12.3 Å². The summed E-state index contributed by atoms with van der Waals surface area (Å²) in [7, 11) is 0. The number of likely N-dealkylation sites (tertiary alicyclic amines) is 1. The lowest BCUT2D eigenvalue weighted by Gasteiger charge is -2.53. The smallest absolute Gasteiger partial charge is 0.338 e. The number of imide groups is 1. The number of nitrogens with zero attached hydrogens (tertiary/aromatic N) is 2. The van der Waals surface area contributed by atoms with Crippen LogP contribution < -0.4 is 10.1 Å². The van der Waals surface area contributed by atoms with Crippen LogP contribution in [0.1, 0.15) is 94.8 Å². The van der Waals surface area contributed by atoms with Gasteiger partial charge in [-0.15, -0.1) is 0 Å². The van der Waals surface area contributed by atoms with Crippen LogP contribution in [0.4, 0.5) is 4.79 Å². The topological polar surface area (TPSA) is 105 Å². The van der Waals surface area contributed by atoms with Gasteiger partial charge in [-0.05, 0) is 76.8 Å². The molecule has 0 spiro atoms. The summed E-state index contributed by atoms with van der Waals surface area (Å²) in [4.78, 5) is 54.8. The van der Waals surface area contributed by atoms with Gasteiger partial charge < -0.3 is 19.7 Å². The van der Waals surface area contributed by atoms with Gasteiger partial charge in [-0.3, -0.25) is 9.59 Å². The van der Waals surface area contributed by atoms with Crippen molar-refractivity contribution in [3.63, 3.8) is 0 Å². The Morgan fingerprint density at radius 2 is 1.55 bits per heavy atom. The number of carbonyl (C=O) groups is 4. The van der Waals surface area contributed by atoms with E-state index in [1.54, 1.807) is 36.1 Å². The molecule has 0 aliphatic carbocycles. The molecule has 3 rings (SSSR count). The van der Waals surface area contributed by atoms with Crippen LogP contribution in [0.5, 0.6) is 5.75 Å². The quantitative estimate of drug-likeness (QED) is 0.230. The number of β-lactam (4-membered cyclic amide) rings is 1. The highest BCUT2D eigenvalue weighted by atomic mass is 16.5. The largest absolute Gasteiger partial charge is 0.469 e. The van der Waals surface area contributed by atoms with Gasteiger partial charge in [0.1, 0.15) is 11.2 Å². The summed E-state index contributed by atoms with van der Waals surface area (Å²) >= 11 is 0. The molecule has 1 aliphatic rings. The molecule has 1 heterocycles. The van der Waals surface area contributed by atoms with E-state index in [2.05, 4.69) is 12.2 Å². The molecule has 1 fully saturated rings. The van der Waals surface area contributed by atoms with Crippen LogP contribution in [-0.2, 0) is 14.3 Å². The predicted molar refractivity (Wildman–Crippen MR) is 161 cm³/mol. The van der Waals surface area contributed by atoms with Crippen molar-refractivity contribution in [2.75, 3.05) is 13.1 Å². The maximum Gasteiger partial charge on any atom is 0.338 e. The molecular formula is C33H45N3O6. The van der Waals surface area contributed by atoms with Crippen molar-refractivity contribution in [3.8, 4) is 5.75 Å². The number of benzene rings is 2. The molecule has 1 aliphatic heterocycles. The van der Waals surface area contributed by atoms with Crippen LogP contribution >= 0.6 is 0 Å². The van der Waals surface area contributed by atoms with Crippen molar-refractivity contribution in [3.05, 3.63) is 65.2 Å². The highest BCUT2D eigenvalue weighted by Crippen LogP contribution is 2.46. The SMILES string of the molecule is CCCC(NC(=O)N1C(=O)C(CC)(CC)[C@@H]1Oc1ccc(C(=O)O[C@@H](C)C(=O)N(CC)CC)cc1)c1ccc(C)cc1. The van der Waals surface area contributed by atoms with Gasteiger partial charge in [-0.2, -0.15) is 0 Å². The van der Waals surface area contributed by atoms with Crippen molar-refractivity contribution in [2.45, 2.75) is 92.5 Å². The zero-order valence-corrected chi connectivity index (χ0v) is 25.9. The lowest BCUT2D eigenvalue weighted by molar-refractivity contribution is -0.191. The number of amides is 4. The van der Waals surface area contributed by atoms with Crippen molar-refractivity contribution in [1.82, 2.24) is 15.1 Å². The Morgan fingerprint density at radius 3 is 2.07 bits per heavy atom. The fourth-order valence-electron chi connectivity index (χ4n) is 5.40. The average Bonchev–Trinajstić information content (AvgIpc) is 2.98. The molecule has 1 unspecified atom stereocenters. The number of nitrogens with one attached hydrogen (secondary N) is 1. The van der Waals surface area contributed by atoms with E-state index in [0.717, 1.165) is 24.0 Å². The first kappa shape index (κ1) is 32.6. The van der Waals surface area contributed by atoms with Gasteiger partial charge in [0, 0.05) is 13.1 Å². The van der Waals surface area contributed by atoms with Crippen LogP contribution in [0.25, 0.3) is 0 Å². The normalized spacial score (nSPS) is 17.1. The maximum absolute atomic E-state index is 13.5. The summed E-state index contributed by atoms with van der Waals surface area (Å²) in [6, 6.07) is 13.6. The Hall–Kier alpha value is -3.88. The molecule has 9 heteroatoms. The van der Waals surface area contributed by atoms with Gasteiger partial charge in [0.05, 0.1) is 11.6 Å². The zero-order valence-electron chi connectivity index (χ0n) is 25.9. The number of likely N-dealkylation sites (N-methyl/N-ethyl adjacent to an activating group) is 1. The minimum Gasteiger partial charge on any atom is -0.469 e. The summed E-state index contributed by atoms with van der Waals surface area (Å²) < 4.78 is 11.7. The van der Waals surface area contributed by atoms with E-state index in [1.165, 1.54) is 4.90 Å². The van der Waals surface area contributed by atoms with Gasteiger partial charge in [0.2, 0.25) is 5.91 Å². The maximum atomic E-state index is 13.5. The summed E-state index contributed by atoms with van der Waals surface area (Å²) in [6.45, 7) is 14.3. The molecule has 0 radical (unpaired) electrons. The van der Waals surface area contributed by atoms with E-state index in [1.807, 2.05) is 58.9 Å². The first-order chi connectivity index (χ1) is 20.1. The summed E-state index contributed by atoms with van der Waals surface area (Å²) in [5.41, 5.74) is 1.54. The second-order valence-electron chi connectivity index (χ2n) is 10.8. The molecule has 42 heavy (non-hydrogen) atoms. The third kappa shape index (κ3) is 6.77. The average molecular weight is 580 g/mol. The number of aryl methyl sites for hydroxylation is 1. The fraction of sp³-hybridized carbons (Fsp3) is 0.515. The second-order valence-corrected chi connectivity index (χ2v) is 10.8. The van der Waals surface area contributed by atoms with Crippen molar-refractivity contribution < 1.29 is 28.7 Å². The Balaban J connectivity index is 1.75. The van der Waals surface area contributed by atoms with Crippen LogP contribution in [0.15, 0.2) is 48.5 Å². The Kier molecular flexibility index (Phi) is 11.1. The van der Waals surface area contributed by atoms with Crippen molar-refractivity contribution >= 4 is 23.8 Å². The third-order valence-corrected chi connectivity index (χ3v) is 8.23. The summed E-state index contributed by atoms with van der Waals surface area (Å²) in [5, 5.41) is 3.05. The monoisotopic (exact) mass is 579 g/mol. The fourth-order valence-corrected chi connectivity index (χ4v) is 5.40. The number of rotatable bonds is 13. The molecular weight excluding hydrogens is 534 g/mol. The minimum absolute atomic E-state index is 0.240. The lowest BCUT2D eigenvalue weighted by Crippen LogP contribution is -2.73. The molecule has 4 amide bonds. The Morgan fingerprint density at radius 1 is 0.952 bits per heavy atom. The third-order valence-electron chi connectivity index (χ3n) is 8.23. The van der Waals surface area contributed by atoms with Crippen LogP contribution in [-0.4, -0.2) is 59.0 Å². The second kappa shape index (κ2) is 14.3. The number of ether oxygens (including phenoxy) is 2. The van der Waals surface area contributed by atoms with E-state index in [-0.39, 0.29) is 23.4 Å². The molecule has 3 atom stereocenters. The van der Waals surface area contributed by atoms with Crippen molar-refractivity contribution in [1.29, 1.82) is 0 Å². The first-order valence-electron chi connectivity index (χ1n) is 15.0. The number of carbonyl (C=O) groups excluding carboxylic acids is 4. The molecule has 1 saturated heterocycles. The van der Waals surface area contributed by atoms with E-state index in [4.69, 9.17) is 9.47 Å². The predicted octanol–water partition coefficient (Wildman–Crippen LogP) is 6.01. The summed E-state index contributed by atoms with van der Waals surface area (Å²) in [6.07, 6.45) is 0.896. The van der Waals surface area contributed by atoms with E-state index in [0.29, 0.717) is 31.7 Å². The molecule has 228 valence electrons. The molecule has 0 aromatic heterocycles. The number of urea groups is 1. The van der Waals surface area contributed by atoms with Crippen molar-refractivity contribution in [2.24, 2.45) is 5.41 Å². The lowest BCUT2D eigenvalue weighted by atomic mass is 9.72. The molecule has 0 saturated carbocycles. The molecule has 2 aromatic carbocycles. The van der Waals surface area contributed by atoms with Gasteiger partial charge in [0.25, 0.3) is 5.91 Å². The zero-order chi connectivity index (χ0) is 31.0. The summed E-state index contributed by atoms with van der Waals surface area (Å²) in [5.74, 6) is -0.727. The van der Waals surface area contributed by atoms with Gasteiger partial charge in [-0.25, -0.2) is 14.5 Å². The van der Waals surface area contributed by atoms with E-state index in [9.17, 15) is 19.2 Å². The molecule has 1 N–H and O–H groups in total. The van der Waals surface area contributed by atoms with E-state index >= 15 is 0 Å².